The highest BCUT2D eigenvalue weighted by Crippen LogP contribution is 2.22. The third-order valence-electron chi connectivity index (χ3n) is 14.5. The molecule has 370 valence electrons. The lowest BCUT2D eigenvalue weighted by atomic mass is 9.94. The molecule has 0 aromatic rings. The van der Waals surface area contributed by atoms with E-state index < -0.39 is 0 Å². The first-order valence-corrected chi connectivity index (χ1v) is 29.0. The molecule has 0 bridgehead atoms. The van der Waals surface area contributed by atoms with Crippen LogP contribution in [0.5, 0.6) is 0 Å². The molecule has 62 heavy (non-hydrogen) atoms. The van der Waals surface area contributed by atoms with Gasteiger partial charge in [-0.3, -0.25) is 9.69 Å². The molecule has 0 saturated carbocycles. The van der Waals surface area contributed by atoms with Crippen LogP contribution in [0.25, 0.3) is 0 Å². The van der Waals surface area contributed by atoms with E-state index in [1.807, 2.05) is 0 Å². The Morgan fingerprint density at radius 1 is 0.371 bits per heavy atom. The smallest absolute Gasteiger partial charge is 0.236 e. The molecule has 0 aromatic carbocycles. The van der Waals surface area contributed by atoms with Crippen molar-refractivity contribution in [2.75, 3.05) is 72.0 Å². The number of nitrogens with zero attached hydrogens (tertiary/aromatic N) is 4. The lowest BCUT2D eigenvalue weighted by Gasteiger charge is -2.36. The van der Waals surface area contributed by atoms with Crippen LogP contribution in [-0.4, -0.2) is 97.5 Å². The van der Waals surface area contributed by atoms with Gasteiger partial charge in [-0.2, -0.15) is 0 Å². The fourth-order valence-corrected chi connectivity index (χ4v) is 10.0. The summed E-state index contributed by atoms with van der Waals surface area (Å²) < 4.78 is 0. The second-order valence-electron chi connectivity index (χ2n) is 20.6. The highest BCUT2D eigenvalue weighted by Gasteiger charge is 2.25. The minimum absolute atomic E-state index is 0.419. The van der Waals surface area contributed by atoms with Gasteiger partial charge in [0.25, 0.3) is 0 Å². The maximum absolute atomic E-state index is 14.2. The molecule has 0 N–H and O–H groups in total. The molecule has 1 rings (SSSR count). The van der Waals surface area contributed by atoms with Gasteiger partial charge >= 0.3 is 0 Å². The molecule has 0 aromatic heterocycles. The van der Waals surface area contributed by atoms with Gasteiger partial charge in [0.05, 0.1) is 6.54 Å². The van der Waals surface area contributed by atoms with Crippen LogP contribution in [0, 0.1) is 5.92 Å². The van der Waals surface area contributed by atoms with E-state index in [0.717, 1.165) is 32.7 Å². The Morgan fingerprint density at radius 3 is 1.02 bits per heavy atom. The topological polar surface area (TPSA) is 30.0 Å². The summed E-state index contributed by atoms with van der Waals surface area (Å²) in [7, 11) is 0. The standard InChI is InChI=1S/C57H116N4O/c1-6-11-16-21-26-31-35-40-48-59(47-39-34-29-24-19-14-9-4)52-53-60(49-41-36-30-25-20-15-10-5)55-57(62)61-50-42-43-56(54-61)44-51-58(45-37-32-27-22-17-12-7-2)46-38-33-28-23-18-13-8-3/h56H,6-55H2,1-5H3. The van der Waals surface area contributed by atoms with Crippen LogP contribution in [0.15, 0.2) is 0 Å². The molecular weight excluding hydrogens is 757 g/mol. The molecule has 1 aliphatic heterocycles. The fraction of sp³-hybridized carbons (Fsp3) is 0.982. The highest BCUT2D eigenvalue weighted by atomic mass is 16.2. The van der Waals surface area contributed by atoms with Crippen molar-refractivity contribution in [3.63, 3.8) is 0 Å². The number of likely N-dealkylation sites (tertiary alicyclic amines) is 1. The Balaban J connectivity index is 2.80. The third kappa shape index (κ3) is 37.6. The van der Waals surface area contributed by atoms with Crippen molar-refractivity contribution in [1.82, 2.24) is 19.6 Å². The van der Waals surface area contributed by atoms with Gasteiger partial charge in [0, 0.05) is 26.2 Å². The van der Waals surface area contributed by atoms with Crippen molar-refractivity contribution in [1.29, 1.82) is 0 Å². The van der Waals surface area contributed by atoms with Gasteiger partial charge in [0.1, 0.15) is 0 Å². The zero-order valence-corrected chi connectivity index (χ0v) is 43.6. The average molecular weight is 874 g/mol. The monoisotopic (exact) mass is 873 g/mol. The molecule has 5 nitrogen and oxygen atoms in total. The summed E-state index contributed by atoms with van der Waals surface area (Å²) in [6, 6.07) is 0. The summed E-state index contributed by atoms with van der Waals surface area (Å²) in [6.45, 7) is 23.8. The summed E-state index contributed by atoms with van der Waals surface area (Å²) in [5.41, 5.74) is 0. The Bertz CT molecular complexity index is 880. The Morgan fingerprint density at radius 2 is 0.661 bits per heavy atom. The molecule has 5 heteroatoms. The van der Waals surface area contributed by atoms with Crippen molar-refractivity contribution in [3.8, 4) is 0 Å². The lowest BCUT2D eigenvalue weighted by Crippen LogP contribution is -2.47. The molecule has 1 aliphatic rings. The summed E-state index contributed by atoms with van der Waals surface area (Å²) in [6.07, 6.45) is 53.4. The van der Waals surface area contributed by atoms with E-state index in [1.165, 1.54) is 283 Å². The molecule has 0 radical (unpaired) electrons. The van der Waals surface area contributed by atoms with Crippen LogP contribution < -0.4 is 0 Å². The summed E-state index contributed by atoms with van der Waals surface area (Å²) >= 11 is 0. The van der Waals surface area contributed by atoms with E-state index >= 15 is 0 Å². The first-order valence-electron chi connectivity index (χ1n) is 29.0. The predicted octanol–water partition coefficient (Wildman–Crippen LogP) is 16.7. The number of unbranched alkanes of at least 4 members (excludes halogenated alkanes) is 31. The predicted molar refractivity (Wildman–Crippen MR) is 278 cm³/mol. The SMILES string of the molecule is CCCCCCCCCCN(CCCCCCCCC)CCN(CCCCCCCCC)CC(=O)N1CCCC(CCN(CCCCCCCCC)CCCCCCCCC)C1. The second kappa shape index (κ2) is 46.9. The van der Waals surface area contributed by atoms with E-state index in [2.05, 4.69) is 54.2 Å². The quantitative estimate of drug-likeness (QED) is 0.0570. The minimum Gasteiger partial charge on any atom is -0.341 e. The second-order valence-corrected chi connectivity index (χ2v) is 20.6. The largest absolute Gasteiger partial charge is 0.341 e. The number of hydrogen-bond donors (Lipinski definition) is 0. The van der Waals surface area contributed by atoms with Crippen LogP contribution in [0.3, 0.4) is 0 Å². The van der Waals surface area contributed by atoms with Crippen molar-refractivity contribution in [2.24, 2.45) is 5.92 Å². The minimum atomic E-state index is 0.419. The van der Waals surface area contributed by atoms with Crippen molar-refractivity contribution in [2.45, 2.75) is 285 Å². The van der Waals surface area contributed by atoms with Crippen LogP contribution in [-0.2, 0) is 4.79 Å². The molecule has 1 unspecified atom stereocenters. The zero-order chi connectivity index (χ0) is 44.8. The Labute approximate surface area is 391 Å². The van der Waals surface area contributed by atoms with Crippen LogP contribution in [0.4, 0.5) is 0 Å². The van der Waals surface area contributed by atoms with Crippen molar-refractivity contribution in [3.05, 3.63) is 0 Å². The normalized spacial score (nSPS) is 14.6. The lowest BCUT2D eigenvalue weighted by molar-refractivity contribution is -0.134. The Hall–Kier alpha value is -0.650. The van der Waals surface area contributed by atoms with Gasteiger partial charge in [-0.25, -0.2) is 0 Å². The highest BCUT2D eigenvalue weighted by molar-refractivity contribution is 5.78. The number of carbonyl (C=O) groups is 1. The fourth-order valence-electron chi connectivity index (χ4n) is 10.0. The van der Waals surface area contributed by atoms with E-state index in [1.54, 1.807) is 0 Å². The van der Waals surface area contributed by atoms with Crippen molar-refractivity contribution < 1.29 is 4.79 Å². The average Bonchev–Trinajstić information content (AvgIpc) is 3.28. The summed E-state index contributed by atoms with van der Waals surface area (Å²) in [5.74, 6) is 1.08. The molecule has 1 saturated heterocycles. The van der Waals surface area contributed by atoms with E-state index in [0.29, 0.717) is 18.4 Å². The van der Waals surface area contributed by atoms with Gasteiger partial charge in [-0.15, -0.1) is 0 Å². The zero-order valence-electron chi connectivity index (χ0n) is 43.6. The van der Waals surface area contributed by atoms with Gasteiger partial charge in [-0.05, 0) is 96.6 Å². The van der Waals surface area contributed by atoms with E-state index in [-0.39, 0.29) is 0 Å². The maximum Gasteiger partial charge on any atom is 0.236 e. The van der Waals surface area contributed by atoms with Crippen LogP contribution >= 0.6 is 0 Å². The first kappa shape index (κ1) is 59.4. The van der Waals surface area contributed by atoms with Crippen LogP contribution in [0.2, 0.25) is 0 Å². The van der Waals surface area contributed by atoms with Gasteiger partial charge < -0.3 is 14.7 Å². The number of amides is 1. The van der Waals surface area contributed by atoms with E-state index in [9.17, 15) is 4.79 Å². The molecule has 0 spiro atoms. The number of carbonyl (C=O) groups excluding carboxylic acids is 1. The van der Waals surface area contributed by atoms with Crippen LogP contribution in [0.1, 0.15) is 285 Å². The molecule has 1 atom stereocenters. The summed E-state index contributed by atoms with van der Waals surface area (Å²) in [5, 5.41) is 0. The van der Waals surface area contributed by atoms with Gasteiger partial charge in [0.15, 0.2) is 0 Å². The van der Waals surface area contributed by atoms with Gasteiger partial charge in [0.2, 0.25) is 5.91 Å². The first-order chi connectivity index (χ1) is 30.6. The molecule has 1 amide bonds. The van der Waals surface area contributed by atoms with Gasteiger partial charge in [-0.1, -0.05) is 234 Å². The molecule has 1 fully saturated rings. The van der Waals surface area contributed by atoms with E-state index in [4.69, 9.17) is 0 Å². The maximum atomic E-state index is 14.2. The Kier molecular flexibility index (Phi) is 44.9. The molecule has 0 aliphatic carbocycles. The summed E-state index contributed by atoms with van der Waals surface area (Å²) in [4.78, 5) is 24.7. The molecule has 1 heterocycles. The number of rotatable bonds is 49. The number of hydrogen-bond acceptors (Lipinski definition) is 4. The number of piperidine rings is 1. The van der Waals surface area contributed by atoms with Crippen molar-refractivity contribution >= 4 is 5.91 Å². The molecular formula is C57H116N4O. The third-order valence-corrected chi connectivity index (χ3v) is 14.5.